The van der Waals surface area contributed by atoms with E-state index in [1.54, 1.807) is 42.2 Å². The van der Waals surface area contributed by atoms with Gasteiger partial charge in [-0.05, 0) is 55.3 Å². The van der Waals surface area contributed by atoms with Gasteiger partial charge in [0.2, 0.25) is 0 Å². The van der Waals surface area contributed by atoms with Crippen LogP contribution in [0, 0.1) is 0 Å². The van der Waals surface area contributed by atoms with E-state index in [1.165, 1.54) is 7.11 Å². The number of anilines is 2. The molecule has 0 saturated carbocycles. The van der Waals surface area contributed by atoms with E-state index in [4.69, 9.17) is 9.47 Å². The fourth-order valence-electron chi connectivity index (χ4n) is 4.63. The maximum atomic E-state index is 13.2. The highest BCUT2D eigenvalue weighted by Gasteiger charge is 2.23. The second kappa shape index (κ2) is 15.2. The lowest BCUT2D eigenvalue weighted by Gasteiger charge is -2.23. The maximum Gasteiger partial charge on any atom is 0.328 e. The first-order valence-corrected chi connectivity index (χ1v) is 14.1. The van der Waals surface area contributed by atoms with E-state index in [-0.39, 0.29) is 11.7 Å². The van der Waals surface area contributed by atoms with Crippen LogP contribution in [0.5, 0.6) is 5.75 Å². The lowest BCUT2D eigenvalue weighted by atomic mass is 10.00. The van der Waals surface area contributed by atoms with Crippen LogP contribution in [-0.4, -0.2) is 44.0 Å². The van der Waals surface area contributed by atoms with Crippen LogP contribution >= 0.6 is 0 Å². The van der Waals surface area contributed by atoms with Gasteiger partial charge in [-0.25, -0.2) is 4.79 Å². The van der Waals surface area contributed by atoms with Crippen LogP contribution in [0.2, 0.25) is 0 Å². The van der Waals surface area contributed by atoms with Crippen LogP contribution in [0.4, 0.5) is 11.4 Å². The number of esters is 1. The third-order valence-corrected chi connectivity index (χ3v) is 6.86. The molecular formula is C36H36N2O5. The van der Waals surface area contributed by atoms with Crippen LogP contribution in [0.15, 0.2) is 121 Å². The molecule has 7 heteroatoms. The highest BCUT2D eigenvalue weighted by molar-refractivity contribution is 6.12. The lowest BCUT2D eigenvalue weighted by Crippen LogP contribution is -2.33. The van der Waals surface area contributed by atoms with Crippen molar-refractivity contribution >= 4 is 29.0 Å². The molecule has 0 fully saturated rings. The molecule has 0 saturated heterocycles. The van der Waals surface area contributed by atoms with Gasteiger partial charge in [0.25, 0.3) is 5.91 Å². The average molecular weight is 577 g/mol. The minimum Gasteiger partial charge on any atom is -0.494 e. The highest BCUT2D eigenvalue weighted by Crippen LogP contribution is 2.22. The molecule has 0 aromatic heterocycles. The summed E-state index contributed by atoms with van der Waals surface area (Å²) in [6.45, 7) is 6.42. The van der Waals surface area contributed by atoms with Gasteiger partial charge >= 0.3 is 5.97 Å². The van der Waals surface area contributed by atoms with Gasteiger partial charge in [0.15, 0.2) is 5.78 Å². The number of ether oxygens (including phenoxy) is 2. The number of amides is 1. The van der Waals surface area contributed by atoms with Crippen LogP contribution < -0.4 is 15.0 Å². The molecule has 4 rings (SSSR count). The summed E-state index contributed by atoms with van der Waals surface area (Å²) in [4.78, 5) is 40.3. The molecule has 1 unspecified atom stereocenters. The Morgan fingerprint density at radius 1 is 0.837 bits per heavy atom. The van der Waals surface area contributed by atoms with E-state index in [2.05, 4.69) is 11.9 Å². The smallest absolute Gasteiger partial charge is 0.328 e. The number of rotatable bonds is 14. The van der Waals surface area contributed by atoms with Gasteiger partial charge in [-0.15, -0.1) is 0 Å². The van der Waals surface area contributed by atoms with E-state index in [9.17, 15) is 14.4 Å². The number of benzene rings is 4. The second-order valence-electron chi connectivity index (χ2n) is 10.1. The van der Waals surface area contributed by atoms with Gasteiger partial charge in [0.1, 0.15) is 11.8 Å². The normalized spacial score (nSPS) is 11.2. The van der Waals surface area contributed by atoms with Crippen LogP contribution in [0.3, 0.4) is 0 Å². The summed E-state index contributed by atoms with van der Waals surface area (Å²) >= 11 is 0. The number of hydrogen-bond acceptors (Lipinski definition) is 6. The molecule has 1 atom stereocenters. The number of nitrogens with zero attached hydrogens (tertiary/aromatic N) is 1. The maximum absolute atomic E-state index is 13.2. The number of hydrogen-bond donors (Lipinski definition) is 1. The molecule has 7 nitrogen and oxygen atoms in total. The number of carbonyl (C=O) groups excluding carboxylic acids is 3. The first-order valence-electron chi connectivity index (χ1n) is 14.1. The van der Waals surface area contributed by atoms with Crippen molar-refractivity contribution in [2.24, 2.45) is 0 Å². The van der Waals surface area contributed by atoms with Gasteiger partial charge in [-0.2, -0.15) is 0 Å². The van der Waals surface area contributed by atoms with Crippen molar-refractivity contribution in [1.82, 2.24) is 0 Å². The third-order valence-electron chi connectivity index (χ3n) is 6.86. The fourth-order valence-corrected chi connectivity index (χ4v) is 4.63. The summed E-state index contributed by atoms with van der Waals surface area (Å²) in [6, 6.07) is 32.5. The molecule has 4 aromatic rings. The predicted octanol–water partition coefficient (Wildman–Crippen LogP) is 6.49. The highest BCUT2D eigenvalue weighted by atomic mass is 16.5. The lowest BCUT2D eigenvalue weighted by molar-refractivity contribution is -0.141. The molecule has 43 heavy (non-hydrogen) atoms. The Balaban J connectivity index is 1.37. The Hall–Kier alpha value is -5.17. The molecule has 1 N–H and O–H groups in total. The molecule has 4 aromatic carbocycles. The number of carbonyl (C=O) groups is 3. The van der Waals surface area contributed by atoms with Crippen LogP contribution in [0.1, 0.15) is 34.8 Å². The quantitative estimate of drug-likeness (QED) is 0.0799. The number of ketones is 1. The molecule has 0 radical (unpaired) electrons. The van der Waals surface area contributed by atoms with E-state index < -0.39 is 12.0 Å². The largest absolute Gasteiger partial charge is 0.494 e. The number of para-hydroxylation sites is 2. The van der Waals surface area contributed by atoms with Gasteiger partial charge in [0.05, 0.1) is 13.7 Å². The second-order valence-corrected chi connectivity index (χ2v) is 10.1. The molecule has 220 valence electrons. The fraction of sp³-hybridized carbons (Fsp3) is 0.194. The molecule has 0 aliphatic carbocycles. The van der Waals surface area contributed by atoms with Crippen molar-refractivity contribution in [3.8, 4) is 5.75 Å². The predicted molar refractivity (Wildman–Crippen MR) is 170 cm³/mol. The summed E-state index contributed by atoms with van der Waals surface area (Å²) in [7, 11) is 1.35. The van der Waals surface area contributed by atoms with Gasteiger partial charge < -0.3 is 19.7 Å². The zero-order valence-corrected chi connectivity index (χ0v) is 24.5. The SMILES string of the molecule is C=C(C)C(=O)N(CCCOc1ccc(CC(Nc2ccccc2C(=O)c2ccccc2)C(=O)OC)cc1)c1ccccc1. The Bertz CT molecular complexity index is 1540. The van der Waals surface area contributed by atoms with Gasteiger partial charge in [0, 0.05) is 41.0 Å². The van der Waals surface area contributed by atoms with E-state index >= 15 is 0 Å². The number of methoxy groups -OCH3 is 1. The summed E-state index contributed by atoms with van der Waals surface area (Å²) in [5.41, 5.74) is 3.79. The third kappa shape index (κ3) is 8.42. The first kappa shape index (κ1) is 30.8. The van der Waals surface area contributed by atoms with Crippen molar-refractivity contribution in [2.75, 3.05) is 30.5 Å². The van der Waals surface area contributed by atoms with Gasteiger partial charge in [-0.3, -0.25) is 9.59 Å². The minimum absolute atomic E-state index is 0.114. The zero-order valence-electron chi connectivity index (χ0n) is 24.5. The van der Waals surface area contributed by atoms with Crippen molar-refractivity contribution < 1.29 is 23.9 Å². The molecule has 0 aliphatic heterocycles. The zero-order chi connectivity index (χ0) is 30.6. The standard InChI is InChI=1S/C36H36N2O5/c1-26(2)35(40)38(29-15-8-5-9-16-29)23-12-24-43-30-21-19-27(20-22-30)25-33(36(41)42-3)37-32-18-11-10-17-31(32)34(39)28-13-6-4-7-14-28/h4-11,13-22,33,37H,1,12,23-25H2,2-3H3. The van der Waals surface area contributed by atoms with Crippen molar-refractivity contribution in [3.63, 3.8) is 0 Å². The Kier molecular flexibility index (Phi) is 10.9. The Morgan fingerprint density at radius 3 is 2.12 bits per heavy atom. The van der Waals surface area contributed by atoms with Crippen molar-refractivity contribution in [1.29, 1.82) is 0 Å². The molecule has 0 spiro atoms. The topological polar surface area (TPSA) is 84.9 Å². The molecule has 1 amide bonds. The molecule has 0 heterocycles. The molecular weight excluding hydrogens is 540 g/mol. The summed E-state index contributed by atoms with van der Waals surface area (Å²) in [5.74, 6) is -0.00161. The number of nitrogens with one attached hydrogen (secondary N) is 1. The van der Waals surface area contributed by atoms with E-state index in [0.717, 1.165) is 11.3 Å². The van der Waals surface area contributed by atoms with Crippen molar-refractivity contribution in [3.05, 3.63) is 138 Å². The van der Waals surface area contributed by atoms with E-state index in [0.29, 0.717) is 54.1 Å². The summed E-state index contributed by atoms with van der Waals surface area (Å²) in [5, 5.41) is 3.23. The average Bonchev–Trinajstić information content (AvgIpc) is 3.05. The monoisotopic (exact) mass is 576 g/mol. The van der Waals surface area contributed by atoms with Crippen molar-refractivity contribution in [2.45, 2.75) is 25.8 Å². The van der Waals surface area contributed by atoms with Crippen LogP contribution in [0.25, 0.3) is 0 Å². The molecule has 0 bridgehead atoms. The minimum atomic E-state index is -0.712. The Labute approximate surface area is 252 Å². The molecule has 0 aliphatic rings. The Morgan fingerprint density at radius 2 is 1.47 bits per heavy atom. The first-order chi connectivity index (χ1) is 20.9. The van der Waals surface area contributed by atoms with Gasteiger partial charge in [-0.1, -0.05) is 79.4 Å². The summed E-state index contributed by atoms with van der Waals surface area (Å²) < 4.78 is 11.0. The summed E-state index contributed by atoms with van der Waals surface area (Å²) in [6.07, 6.45) is 0.973. The van der Waals surface area contributed by atoms with E-state index in [1.807, 2.05) is 78.9 Å². The van der Waals surface area contributed by atoms with Crippen LogP contribution in [-0.2, 0) is 20.7 Å².